The number of aromatic nitrogens is 1. The van der Waals surface area contributed by atoms with E-state index in [4.69, 9.17) is 18.9 Å². The summed E-state index contributed by atoms with van der Waals surface area (Å²) in [5, 5.41) is 0. The quantitative estimate of drug-likeness (QED) is 0.221. The third kappa shape index (κ3) is 6.48. The van der Waals surface area contributed by atoms with Crippen molar-refractivity contribution in [2.75, 3.05) is 13.7 Å². The Labute approximate surface area is 260 Å². The van der Waals surface area contributed by atoms with Crippen LogP contribution in [0.2, 0.25) is 0 Å². The summed E-state index contributed by atoms with van der Waals surface area (Å²) in [4.78, 5) is 32.5. The molecule has 0 saturated heterocycles. The van der Waals surface area contributed by atoms with Crippen LogP contribution >= 0.6 is 11.3 Å². The van der Waals surface area contributed by atoms with Gasteiger partial charge in [0.25, 0.3) is 5.56 Å². The second-order valence-electron chi connectivity index (χ2n) is 10.7. The van der Waals surface area contributed by atoms with E-state index in [1.54, 1.807) is 31.6 Å². The van der Waals surface area contributed by atoms with Crippen LogP contribution < -0.4 is 29.1 Å². The van der Waals surface area contributed by atoms with Crippen LogP contribution in [0.4, 0.5) is 0 Å². The van der Waals surface area contributed by atoms with Gasteiger partial charge in [-0.1, -0.05) is 65.4 Å². The molecule has 0 radical (unpaired) electrons. The molecule has 0 unspecified atom stereocenters. The van der Waals surface area contributed by atoms with E-state index in [1.165, 1.54) is 11.3 Å². The first kappa shape index (κ1) is 30.8. The SMILES string of the molecule is CCOC(=O)C1=C(C)N=c2s/c(=C/c3ccc(OCc4cccc(C)c4)c(OC)c3)c(=O)n2[C@H]1c1ccccc1OC(C)C. The van der Waals surface area contributed by atoms with Crippen molar-refractivity contribution in [2.45, 2.75) is 53.4 Å². The second kappa shape index (κ2) is 13.3. The molecule has 0 bridgehead atoms. The average molecular weight is 613 g/mol. The van der Waals surface area contributed by atoms with Crippen LogP contribution in [0.3, 0.4) is 0 Å². The summed E-state index contributed by atoms with van der Waals surface area (Å²) < 4.78 is 25.3. The summed E-state index contributed by atoms with van der Waals surface area (Å²) in [5.41, 5.74) is 4.20. The van der Waals surface area contributed by atoms with E-state index in [9.17, 15) is 9.59 Å². The molecule has 44 heavy (non-hydrogen) atoms. The summed E-state index contributed by atoms with van der Waals surface area (Å²) in [6.45, 7) is 10.0. The number of carbonyl (C=O) groups excluding carboxylic acids is 1. The van der Waals surface area contributed by atoms with Crippen LogP contribution in [-0.2, 0) is 16.1 Å². The zero-order valence-electron chi connectivity index (χ0n) is 25.7. The summed E-state index contributed by atoms with van der Waals surface area (Å²) in [6.07, 6.45) is 1.69. The number of hydrogen-bond donors (Lipinski definition) is 0. The molecule has 228 valence electrons. The Morgan fingerprint density at radius 3 is 2.55 bits per heavy atom. The minimum atomic E-state index is -0.769. The molecule has 1 aromatic heterocycles. The topological polar surface area (TPSA) is 88.4 Å². The smallest absolute Gasteiger partial charge is 0.338 e. The van der Waals surface area contributed by atoms with Gasteiger partial charge in [0, 0.05) is 5.56 Å². The van der Waals surface area contributed by atoms with E-state index in [-0.39, 0.29) is 18.3 Å². The van der Waals surface area contributed by atoms with Crippen LogP contribution in [0, 0.1) is 6.92 Å². The van der Waals surface area contributed by atoms with Gasteiger partial charge in [-0.3, -0.25) is 9.36 Å². The fourth-order valence-corrected chi connectivity index (χ4v) is 6.21. The van der Waals surface area contributed by atoms with Crippen molar-refractivity contribution >= 4 is 23.4 Å². The van der Waals surface area contributed by atoms with Gasteiger partial charge in [-0.2, -0.15) is 0 Å². The van der Waals surface area contributed by atoms with Gasteiger partial charge in [0.1, 0.15) is 18.4 Å². The number of para-hydroxylation sites is 1. The summed E-state index contributed by atoms with van der Waals surface area (Å²) >= 11 is 1.26. The first-order valence-corrected chi connectivity index (χ1v) is 15.3. The molecule has 8 nitrogen and oxygen atoms in total. The zero-order chi connectivity index (χ0) is 31.4. The lowest BCUT2D eigenvalue weighted by Gasteiger charge is -2.26. The fraction of sp³-hybridized carbons (Fsp3) is 0.286. The zero-order valence-corrected chi connectivity index (χ0v) is 26.6. The number of hydrogen-bond acceptors (Lipinski definition) is 8. The van der Waals surface area contributed by atoms with E-state index in [0.29, 0.717) is 50.0 Å². The van der Waals surface area contributed by atoms with Crippen molar-refractivity contribution in [1.29, 1.82) is 0 Å². The number of allylic oxidation sites excluding steroid dienone is 1. The van der Waals surface area contributed by atoms with Crippen molar-refractivity contribution in [3.05, 3.63) is 120 Å². The lowest BCUT2D eigenvalue weighted by Crippen LogP contribution is -2.40. The molecular formula is C35H36N2O6S. The van der Waals surface area contributed by atoms with Gasteiger partial charge in [0.05, 0.1) is 35.6 Å². The molecule has 1 atom stereocenters. The summed E-state index contributed by atoms with van der Waals surface area (Å²) in [6, 6.07) is 20.4. The Bertz CT molecular complexity index is 1900. The molecular weight excluding hydrogens is 576 g/mol. The van der Waals surface area contributed by atoms with Crippen LogP contribution in [0.1, 0.15) is 56.0 Å². The predicted octanol–water partition coefficient (Wildman–Crippen LogP) is 5.48. The molecule has 0 spiro atoms. The molecule has 2 heterocycles. The minimum Gasteiger partial charge on any atom is -0.493 e. The fourth-order valence-electron chi connectivity index (χ4n) is 5.16. The van der Waals surface area contributed by atoms with Crippen molar-refractivity contribution in [3.63, 3.8) is 0 Å². The van der Waals surface area contributed by atoms with Crippen LogP contribution in [0.15, 0.2) is 87.8 Å². The Kier molecular flexibility index (Phi) is 9.35. The lowest BCUT2D eigenvalue weighted by atomic mass is 9.95. The van der Waals surface area contributed by atoms with Gasteiger partial charge in [0.15, 0.2) is 16.3 Å². The molecule has 0 fully saturated rings. The van der Waals surface area contributed by atoms with Crippen molar-refractivity contribution in [2.24, 2.45) is 4.99 Å². The first-order chi connectivity index (χ1) is 21.2. The number of ether oxygens (including phenoxy) is 4. The Morgan fingerprint density at radius 1 is 1.02 bits per heavy atom. The van der Waals surface area contributed by atoms with Gasteiger partial charge in [-0.25, -0.2) is 9.79 Å². The number of methoxy groups -OCH3 is 1. The number of benzene rings is 3. The van der Waals surface area contributed by atoms with E-state index >= 15 is 0 Å². The standard InChI is InChI=1S/C35H36N2O6S/c1-7-41-34(39)31-23(5)36-35-37(32(31)26-13-8-9-14-27(26)43-21(2)3)33(38)30(44-35)19-24-15-16-28(29(18-24)40-6)42-20-25-12-10-11-22(4)17-25/h8-19,21,32H,7,20H2,1-6H3/b30-19+/t32-/m0/s1. The van der Waals surface area contributed by atoms with Gasteiger partial charge in [-0.15, -0.1) is 0 Å². The highest BCUT2D eigenvalue weighted by Crippen LogP contribution is 2.36. The van der Waals surface area contributed by atoms with E-state index < -0.39 is 12.0 Å². The first-order valence-electron chi connectivity index (χ1n) is 14.5. The molecule has 4 aromatic rings. The second-order valence-corrected chi connectivity index (χ2v) is 11.7. The molecule has 3 aromatic carbocycles. The van der Waals surface area contributed by atoms with Crippen LogP contribution in [0.25, 0.3) is 6.08 Å². The monoisotopic (exact) mass is 612 g/mol. The largest absolute Gasteiger partial charge is 0.493 e. The Morgan fingerprint density at radius 2 is 1.82 bits per heavy atom. The van der Waals surface area contributed by atoms with Gasteiger partial charge >= 0.3 is 5.97 Å². The number of rotatable bonds is 10. The minimum absolute atomic E-state index is 0.109. The molecule has 0 N–H and O–H groups in total. The predicted molar refractivity (Wildman–Crippen MR) is 171 cm³/mol. The molecule has 1 aliphatic rings. The number of esters is 1. The van der Waals surface area contributed by atoms with E-state index in [0.717, 1.165) is 16.7 Å². The molecule has 0 amide bonds. The molecule has 1 aliphatic heterocycles. The van der Waals surface area contributed by atoms with Gasteiger partial charge in [-0.05, 0) is 70.0 Å². The lowest BCUT2D eigenvalue weighted by molar-refractivity contribution is -0.139. The molecule has 0 aliphatic carbocycles. The number of aryl methyl sites for hydroxylation is 1. The highest BCUT2D eigenvalue weighted by atomic mass is 32.1. The molecule has 0 saturated carbocycles. The van der Waals surface area contributed by atoms with Gasteiger partial charge in [0.2, 0.25) is 0 Å². The maximum atomic E-state index is 14.1. The maximum absolute atomic E-state index is 14.1. The number of fused-ring (bicyclic) bond motifs is 1. The number of thiazole rings is 1. The van der Waals surface area contributed by atoms with Crippen LogP contribution in [0.5, 0.6) is 17.2 Å². The average Bonchev–Trinajstić information content (AvgIpc) is 3.29. The summed E-state index contributed by atoms with van der Waals surface area (Å²) in [5.74, 6) is 1.23. The highest BCUT2D eigenvalue weighted by Gasteiger charge is 2.35. The Balaban J connectivity index is 1.57. The van der Waals surface area contributed by atoms with E-state index in [1.807, 2.05) is 81.4 Å². The van der Waals surface area contributed by atoms with Gasteiger partial charge < -0.3 is 18.9 Å². The summed E-state index contributed by atoms with van der Waals surface area (Å²) in [7, 11) is 1.59. The number of nitrogens with zero attached hydrogens (tertiary/aromatic N) is 2. The Hall–Kier alpha value is -4.63. The molecule has 9 heteroatoms. The number of carbonyl (C=O) groups is 1. The molecule has 5 rings (SSSR count). The highest BCUT2D eigenvalue weighted by molar-refractivity contribution is 7.07. The third-order valence-corrected chi connectivity index (χ3v) is 8.04. The normalized spacial score (nSPS) is 14.7. The maximum Gasteiger partial charge on any atom is 0.338 e. The van der Waals surface area contributed by atoms with Crippen molar-refractivity contribution in [3.8, 4) is 17.2 Å². The van der Waals surface area contributed by atoms with Crippen molar-refractivity contribution in [1.82, 2.24) is 4.57 Å². The van der Waals surface area contributed by atoms with E-state index in [2.05, 4.69) is 11.1 Å². The van der Waals surface area contributed by atoms with Crippen LogP contribution in [-0.4, -0.2) is 30.4 Å². The van der Waals surface area contributed by atoms with Crippen molar-refractivity contribution < 1.29 is 23.7 Å². The third-order valence-electron chi connectivity index (χ3n) is 7.06.